The minimum absolute atomic E-state index is 0.185. The van der Waals surface area contributed by atoms with Gasteiger partial charge < -0.3 is 0 Å². The number of hydrogen-bond acceptors (Lipinski definition) is 5. The number of pyridine rings is 1. The Morgan fingerprint density at radius 1 is 1.05 bits per heavy atom. The number of non-ortho nitro benzene ring substituents is 1. The van der Waals surface area contributed by atoms with E-state index in [0.29, 0.717) is 5.56 Å². The molecule has 8 heteroatoms. The minimum Gasteiger partial charge on any atom is -0.258 e. The number of nitrogens with zero attached hydrogens (tertiary/aromatic N) is 4. The van der Waals surface area contributed by atoms with Crippen molar-refractivity contribution in [2.45, 2.75) is 0 Å². The zero-order valence-electron chi connectivity index (χ0n) is 9.96. The molecule has 0 saturated carbocycles. The minimum atomic E-state index is -0.694. The Balaban J connectivity index is 2.58. The molecular weight excluding hydrogens is 264 g/mol. The van der Waals surface area contributed by atoms with Crippen LogP contribution >= 0.6 is 0 Å². The molecule has 2 aromatic rings. The first-order valence-electron chi connectivity index (χ1n) is 5.37. The van der Waals surface area contributed by atoms with Gasteiger partial charge in [0.05, 0.1) is 21.5 Å². The smallest absolute Gasteiger partial charge is 0.258 e. The number of benzene rings is 1. The van der Waals surface area contributed by atoms with E-state index in [1.807, 2.05) is 6.07 Å². The lowest BCUT2D eigenvalue weighted by Gasteiger charge is -1.98. The maximum absolute atomic E-state index is 11.0. The summed E-state index contributed by atoms with van der Waals surface area (Å²) in [6.45, 7) is 0. The highest BCUT2D eigenvalue weighted by Gasteiger charge is 2.25. The molecule has 0 fully saturated rings. The van der Waals surface area contributed by atoms with E-state index >= 15 is 0 Å². The second-order valence-electron chi connectivity index (χ2n) is 3.79. The lowest BCUT2D eigenvalue weighted by atomic mass is 10.2. The van der Waals surface area contributed by atoms with Crippen molar-refractivity contribution < 1.29 is 14.4 Å². The van der Waals surface area contributed by atoms with E-state index in [2.05, 4.69) is 0 Å². The lowest BCUT2D eigenvalue weighted by Crippen LogP contribution is -2.30. The Labute approximate surface area is 112 Å². The highest BCUT2D eigenvalue weighted by atomic mass is 16.6. The van der Waals surface area contributed by atoms with Crippen LogP contribution < -0.4 is 4.57 Å². The molecule has 0 aliphatic heterocycles. The van der Waals surface area contributed by atoms with Crippen LogP contribution in [0.1, 0.15) is 5.56 Å². The van der Waals surface area contributed by atoms with Gasteiger partial charge in [-0.15, -0.1) is 0 Å². The molecule has 0 radical (unpaired) electrons. The van der Waals surface area contributed by atoms with Crippen LogP contribution in [-0.4, -0.2) is 9.85 Å². The molecule has 1 heterocycles. The predicted octanol–water partition coefficient (Wildman–Crippen LogP) is 1.65. The van der Waals surface area contributed by atoms with Crippen molar-refractivity contribution in [2.75, 3.05) is 0 Å². The summed E-state index contributed by atoms with van der Waals surface area (Å²) in [7, 11) is 0. The van der Waals surface area contributed by atoms with Crippen LogP contribution in [0, 0.1) is 31.6 Å². The third kappa shape index (κ3) is 2.41. The molecule has 1 aromatic carbocycles. The second-order valence-corrected chi connectivity index (χ2v) is 3.79. The van der Waals surface area contributed by atoms with Crippen molar-refractivity contribution >= 4 is 11.4 Å². The molecule has 0 unspecified atom stereocenters. The van der Waals surface area contributed by atoms with E-state index in [-0.39, 0.29) is 17.1 Å². The summed E-state index contributed by atoms with van der Waals surface area (Å²) < 4.78 is 1.42. The van der Waals surface area contributed by atoms with Gasteiger partial charge in [0.1, 0.15) is 6.07 Å². The van der Waals surface area contributed by atoms with Crippen molar-refractivity contribution in [3.8, 4) is 11.8 Å². The average molecular weight is 271 g/mol. The van der Waals surface area contributed by atoms with Crippen LogP contribution in [0.2, 0.25) is 0 Å². The topological polar surface area (TPSA) is 114 Å². The predicted molar refractivity (Wildman–Crippen MR) is 66.0 cm³/mol. The maximum Gasteiger partial charge on any atom is 0.347 e. The standard InChI is InChI=1S/C12H7N4O4/c13-8-9-3-5-14(6-4-9)11-2-1-10(15(17)18)7-12(11)16(19)20/h1-7H/q+1. The van der Waals surface area contributed by atoms with Crippen LogP contribution in [0.5, 0.6) is 0 Å². The second kappa shape index (κ2) is 5.11. The Bertz CT molecular complexity index is 734. The van der Waals surface area contributed by atoms with E-state index in [1.54, 1.807) is 0 Å². The molecule has 0 aliphatic rings. The van der Waals surface area contributed by atoms with Gasteiger partial charge in [0, 0.05) is 24.3 Å². The molecule has 8 nitrogen and oxygen atoms in total. The molecule has 0 N–H and O–H groups in total. The van der Waals surface area contributed by atoms with Crippen LogP contribution in [0.25, 0.3) is 5.69 Å². The van der Waals surface area contributed by atoms with Crippen molar-refractivity contribution in [1.29, 1.82) is 5.26 Å². The van der Waals surface area contributed by atoms with Gasteiger partial charge in [0.2, 0.25) is 0 Å². The third-order valence-corrected chi connectivity index (χ3v) is 2.60. The quantitative estimate of drug-likeness (QED) is 0.478. The van der Waals surface area contributed by atoms with E-state index in [4.69, 9.17) is 5.26 Å². The summed E-state index contributed by atoms with van der Waals surface area (Å²) >= 11 is 0. The molecule has 0 saturated heterocycles. The average Bonchev–Trinajstić information content (AvgIpc) is 2.46. The van der Waals surface area contributed by atoms with Gasteiger partial charge in [-0.05, 0) is 0 Å². The van der Waals surface area contributed by atoms with Crippen molar-refractivity contribution in [3.63, 3.8) is 0 Å². The van der Waals surface area contributed by atoms with Gasteiger partial charge in [0.25, 0.3) is 11.4 Å². The highest BCUT2D eigenvalue weighted by molar-refractivity contribution is 5.53. The van der Waals surface area contributed by atoms with Gasteiger partial charge in [0.15, 0.2) is 12.4 Å². The molecule has 2 rings (SSSR count). The van der Waals surface area contributed by atoms with Gasteiger partial charge in [-0.1, -0.05) is 0 Å². The molecule has 0 amide bonds. The Hall–Kier alpha value is -3.34. The maximum atomic E-state index is 11.0. The van der Waals surface area contributed by atoms with Gasteiger partial charge in [-0.3, -0.25) is 20.2 Å². The first-order valence-corrected chi connectivity index (χ1v) is 5.37. The Kier molecular flexibility index (Phi) is 3.35. The number of nitro benzene ring substituents is 2. The SMILES string of the molecule is N#Cc1cc[n+](-c2ccc([N+](=O)[O-])cc2[N+](=O)[O-])cc1. The van der Waals surface area contributed by atoms with Gasteiger partial charge in [-0.25, -0.2) is 0 Å². The summed E-state index contributed by atoms with van der Waals surface area (Å²) in [4.78, 5) is 20.3. The van der Waals surface area contributed by atoms with E-state index in [0.717, 1.165) is 6.07 Å². The molecular formula is C12H7N4O4+. The van der Waals surface area contributed by atoms with E-state index in [9.17, 15) is 20.2 Å². The fraction of sp³-hybridized carbons (Fsp3) is 0. The zero-order chi connectivity index (χ0) is 14.7. The zero-order valence-corrected chi connectivity index (χ0v) is 9.96. The van der Waals surface area contributed by atoms with Crippen LogP contribution in [0.15, 0.2) is 42.7 Å². The molecule has 0 atom stereocenters. The number of nitriles is 1. The number of aromatic nitrogens is 1. The van der Waals surface area contributed by atoms with Gasteiger partial charge >= 0.3 is 5.69 Å². The highest BCUT2D eigenvalue weighted by Crippen LogP contribution is 2.24. The van der Waals surface area contributed by atoms with Gasteiger partial charge in [-0.2, -0.15) is 9.83 Å². The first-order chi connectivity index (χ1) is 9.52. The summed E-state index contributed by atoms with van der Waals surface area (Å²) in [5.41, 5.74) is -0.139. The van der Waals surface area contributed by atoms with Crippen molar-refractivity contribution in [3.05, 3.63) is 68.5 Å². The van der Waals surface area contributed by atoms with E-state index < -0.39 is 9.85 Å². The lowest BCUT2D eigenvalue weighted by molar-refractivity contribution is -0.601. The monoisotopic (exact) mass is 271 g/mol. The van der Waals surface area contributed by atoms with Crippen molar-refractivity contribution in [2.24, 2.45) is 0 Å². The Morgan fingerprint density at radius 3 is 2.20 bits per heavy atom. The normalized spacial score (nSPS) is 9.75. The molecule has 98 valence electrons. The van der Waals surface area contributed by atoms with Crippen LogP contribution in [-0.2, 0) is 0 Å². The van der Waals surface area contributed by atoms with Crippen LogP contribution in [0.4, 0.5) is 11.4 Å². The largest absolute Gasteiger partial charge is 0.347 e. The van der Waals surface area contributed by atoms with Crippen molar-refractivity contribution in [1.82, 2.24) is 0 Å². The van der Waals surface area contributed by atoms with Crippen LogP contribution in [0.3, 0.4) is 0 Å². The first kappa shape index (κ1) is 13.1. The molecule has 20 heavy (non-hydrogen) atoms. The number of rotatable bonds is 3. The fourth-order valence-electron chi connectivity index (χ4n) is 1.65. The number of hydrogen-bond donors (Lipinski definition) is 0. The molecule has 1 aromatic heterocycles. The summed E-state index contributed by atoms with van der Waals surface area (Å²) in [5.74, 6) is 0. The van der Waals surface area contributed by atoms with E-state index in [1.165, 1.54) is 41.2 Å². The third-order valence-electron chi connectivity index (χ3n) is 2.60. The summed E-state index contributed by atoms with van der Waals surface area (Å²) in [5, 5.41) is 30.4. The number of nitro groups is 2. The molecule has 0 spiro atoms. The Morgan fingerprint density at radius 2 is 1.70 bits per heavy atom. The molecule has 0 bridgehead atoms. The fourth-order valence-corrected chi connectivity index (χ4v) is 1.65. The summed E-state index contributed by atoms with van der Waals surface area (Å²) in [6.07, 6.45) is 2.96. The molecule has 0 aliphatic carbocycles. The summed E-state index contributed by atoms with van der Waals surface area (Å²) in [6, 6.07) is 8.30.